The van der Waals surface area contributed by atoms with E-state index in [1.807, 2.05) is 9.80 Å². The van der Waals surface area contributed by atoms with Gasteiger partial charge in [-0.05, 0) is 43.7 Å². The van der Waals surface area contributed by atoms with Crippen molar-refractivity contribution < 1.29 is 14.0 Å². The van der Waals surface area contributed by atoms with E-state index in [4.69, 9.17) is 5.73 Å². The monoisotopic (exact) mass is 425 g/mol. The van der Waals surface area contributed by atoms with E-state index in [0.29, 0.717) is 42.0 Å². The van der Waals surface area contributed by atoms with Crippen molar-refractivity contribution >= 4 is 33.4 Å². The third kappa shape index (κ3) is 4.03. The summed E-state index contributed by atoms with van der Waals surface area (Å²) in [7, 11) is 0. The van der Waals surface area contributed by atoms with E-state index in [-0.39, 0.29) is 17.4 Å². The van der Waals surface area contributed by atoms with E-state index in [9.17, 15) is 14.0 Å². The van der Waals surface area contributed by atoms with Gasteiger partial charge in [0.05, 0.1) is 11.3 Å². The second-order valence-corrected chi connectivity index (χ2v) is 8.33. The fourth-order valence-corrected chi connectivity index (χ4v) is 4.33. The lowest BCUT2D eigenvalue weighted by atomic mass is 9.92. The molecular weight excluding hydrogens is 401 g/mol. The number of benzene rings is 1. The van der Waals surface area contributed by atoms with E-state index in [1.165, 1.54) is 6.07 Å². The zero-order valence-electron chi connectivity index (χ0n) is 15.0. The highest BCUT2D eigenvalue weighted by Crippen LogP contribution is 2.32. The maximum atomic E-state index is 14.2. The van der Waals surface area contributed by atoms with Gasteiger partial charge in [-0.1, -0.05) is 22.9 Å². The van der Waals surface area contributed by atoms with Crippen LogP contribution >= 0.6 is 15.9 Å². The van der Waals surface area contributed by atoms with Crippen molar-refractivity contribution in [3.63, 3.8) is 0 Å². The lowest BCUT2D eigenvalue weighted by molar-refractivity contribution is -0.137. The Kier molecular flexibility index (Phi) is 5.85. The van der Waals surface area contributed by atoms with Crippen LogP contribution in [-0.2, 0) is 4.79 Å². The summed E-state index contributed by atoms with van der Waals surface area (Å²) in [5.74, 6) is -0.450. The number of halogens is 2. The molecule has 0 aromatic heterocycles. The highest BCUT2D eigenvalue weighted by Gasteiger charge is 2.31. The van der Waals surface area contributed by atoms with Crippen molar-refractivity contribution in [3.05, 3.63) is 28.0 Å². The number of nitrogens with zero attached hydrogens (tertiary/aromatic N) is 2. The van der Waals surface area contributed by atoms with Crippen LogP contribution in [0, 0.1) is 17.7 Å². The Bertz CT molecular complexity index is 696. The van der Waals surface area contributed by atoms with Crippen LogP contribution in [0.2, 0.25) is 0 Å². The van der Waals surface area contributed by atoms with Crippen molar-refractivity contribution in [2.24, 2.45) is 17.6 Å². The Morgan fingerprint density at radius 1 is 1.12 bits per heavy atom. The molecule has 3 rings (SSSR count). The van der Waals surface area contributed by atoms with E-state index in [1.54, 1.807) is 6.07 Å². The summed E-state index contributed by atoms with van der Waals surface area (Å²) in [6.45, 7) is 5.15. The topological polar surface area (TPSA) is 66.6 Å². The second-order valence-electron chi connectivity index (χ2n) is 7.42. The summed E-state index contributed by atoms with van der Waals surface area (Å²) >= 11 is 3.28. The average Bonchev–Trinajstić information content (AvgIpc) is 2.61. The predicted octanol–water partition coefficient (Wildman–Crippen LogP) is 3.16. The van der Waals surface area contributed by atoms with E-state index in [0.717, 1.165) is 25.9 Å². The van der Waals surface area contributed by atoms with Crippen molar-refractivity contribution in [2.75, 3.05) is 31.1 Å². The standard InChI is InChI=1S/C19H25BrFN3O2/c1-12-2-6-24(7-3-12)19(26)13-4-8-23(9-5-13)16-11-14(20)10-15(21)17(16)18(22)25/h10-13H,2-9H2,1H3,(H2,22,25). The number of carbonyl (C=O) groups excluding carboxylic acids is 2. The first-order valence-corrected chi connectivity index (χ1v) is 9.98. The molecule has 5 nitrogen and oxygen atoms in total. The van der Waals surface area contributed by atoms with Gasteiger partial charge in [0, 0.05) is 36.6 Å². The lowest BCUT2D eigenvalue weighted by Gasteiger charge is -2.38. The van der Waals surface area contributed by atoms with Crippen molar-refractivity contribution in [1.29, 1.82) is 0 Å². The second kappa shape index (κ2) is 7.94. The largest absolute Gasteiger partial charge is 0.371 e. The summed E-state index contributed by atoms with van der Waals surface area (Å²) in [5.41, 5.74) is 5.80. The molecule has 142 valence electrons. The number of amides is 2. The van der Waals surface area contributed by atoms with Gasteiger partial charge < -0.3 is 15.5 Å². The van der Waals surface area contributed by atoms with Crippen LogP contribution in [0.3, 0.4) is 0 Å². The number of primary amides is 1. The number of hydrogen-bond donors (Lipinski definition) is 1. The Morgan fingerprint density at radius 2 is 1.73 bits per heavy atom. The van der Waals surface area contributed by atoms with Gasteiger partial charge in [-0.3, -0.25) is 9.59 Å². The zero-order valence-corrected chi connectivity index (χ0v) is 16.6. The van der Waals surface area contributed by atoms with E-state index >= 15 is 0 Å². The molecule has 2 aliphatic heterocycles. The Balaban J connectivity index is 1.67. The van der Waals surface area contributed by atoms with Gasteiger partial charge in [-0.15, -0.1) is 0 Å². The van der Waals surface area contributed by atoms with E-state index in [2.05, 4.69) is 22.9 Å². The maximum Gasteiger partial charge on any atom is 0.253 e. The Labute approximate surface area is 161 Å². The molecule has 0 unspecified atom stereocenters. The molecule has 0 spiro atoms. The number of anilines is 1. The van der Waals surface area contributed by atoms with Gasteiger partial charge >= 0.3 is 0 Å². The molecule has 0 radical (unpaired) electrons. The molecule has 1 aromatic carbocycles. The highest BCUT2D eigenvalue weighted by molar-refractivity contribution is 9.10. The molecule has 2 amide bonds. The third-order valence-electron chi connectivity index (χ3n) is 5.56. The third-order valence-corrected chi connectivity index (χ3v) is 6.02. The SMILES string of the molecule is CC1CCN(C(=O)C2CCN(c3cc(Br)cc(F)c3C(N)=O)CC2)CC1. The Morgan fingerprint density at radius 3 is 2.31 bits per heavy atom. The molecule has 0 atom stereocenters. The number of rotatable bonds is 3. The van der Waals surface area contributed by atoms with Crippen LogP contribution in [-0.4, -0.2) is 42.9 Å². The maximum absolute atomic E-state index is 14.2. The molecule has 2 aliphatic rings. The molecule has 7 heteroatoms. The smallest absolute Gasteiger partial charge is 0.253 e. The Hall–Kier alpha value is -1.63. The molecule has 2 N–H and O–H groups in total. The summed E-state index contributed by atoms with van der Waals surface area (Å²) in [4.78, 5) is 28.4. The van der Waals surface area contributed by atoms with Gasteiger partial charge in [0.1, 0.15) is 5.82 Å². The lowest BCUT2D eigenvalue weighted by Crippen LogP contribution is -2.45. The number of piperidine rings is 2. The van der Waals surface area contributed by atoms with Crippen LogP contribution in [0.4, 0.5) is 10.1 Å². The molecule has 0 aliphatic carbocycles. The van der Waals surface area contributed by atoms with Gasteiger partial charge in [0.15, 0.2) is 0 Å². The average molecular weight is 426 g/mol. The van der Waals surface area contributed by atoms with Gasteiger partial charge in [0.25, 0.3) is 5.91 Å². The fraction of sp³-hybridized carbons (Fsp3) is 0.579. The molecule has 1 aromatic rings. The molecule has 26 heavy (non-hydrogen) atoms. The molecule has 2 fully saturated rings. The highest BCUT2D eigenvalue weighted by atomic mass is 79.9. The predicted molar refractivity (Wildman–Crippen MR) is 103 cm³/mol. The number of nitrogens with two attached hydrogens (primary N) is 1. The van der Waals surface area contributed by atoms with Gasteiger partial charge in [-0.2, -0.15) is 0 Å². The summed E-state index contributed by atoms with van der Waals surface area (Å²) in [6.07, 6.45) is 3.56. The fourth-order valence-electron chi connectivity index (χ4n) is 3.91. The van der Waals surface area contributed by atoms with Crippen molar-refractivity contribution in [1.82, 2.24) is 4.90 Å². The first kappa shape index (κ1) is 19.1. The summed E-state index contributed by atoms with van der Waals surface area (Å²) in [6, 6.07) is 2.97. The molecular formula is C19H25BrFN3O2. The minimum absolute atomic E-state index is 0.00804. The van der Waals surface area contributed by atoms with Gasteiger partial charge in [0.2, 0.25) is 5.91 Å². The molecule has 0 bridgehead atoms. The summed E-state index contributed by atoms with van der Waals surface area (Å²) in [5, 5.41) is 0. The molecule has 2 saturated heterocycles. The van der Waals surface area contributed by atoms with Crippen molar-refractivity contribution in [2.45, 2.75) is 32.6 Å². The minimum Gasteiger partial charge on any atom is -0.371 e. The molecule has 2 heterocycles. The quantitative estimate of drug-likeness (QED) is 0.808. The first-order chi connectivity index (χ1) is 12.4. The van der Waals surface area contributed by atoms with Crippen LogP contribution in [0.25, 0.3) is 0 Å². The minimum atomic E-state index is -0.773. The van der Waals surface area contributed by atoms with Crippen molar-refractivity contribution in [3.8, 4) is 0 Å². The number of hydrogen-bond acceptors (Lipinski definition) is 3. The van der Waals surface area contributed by atoms with Crippen LogP contribution in [0.15, 0.2) is 16.6 Å². The normalized spacial score (nSPS) is 19.7. The van der Waals surface area contributed by atoms with Crippen LogP contribution in [0.5, 0.6) is 0 Å². The van der Waals surface area contributed by atoms with Gasteiger partial charge in [-0.25, -0.2) is 4.39 Å². The molecule has 0 saturated carbocycles. The zero-order chi connectivity index (χ0) is 18.8. The van der Waals surface area contributed by atoms with Crippen LogP contribution < -0.4 is 10.6 Å². The summed E-state index contributed by atoms with van der Waals surface area (Å²) < 4.78 is 14.7. The number of carbonyl (C=O) groups is 2. The number of likely N-dealkylation sites (tertiary alicyclic amines) is 1. The van der Waals surface area contributed by atoms with E-state index < -0.39 is 11.7 Å². The van der Waals surface area contributed by atoms with Crippen LogP contribution in [0.1, 0.15) is 43.0 Å². The first-order valence-electron chi connectivity index (χ1n) is 9.19.